The fourth-order valence-corrected chi connectivity index (χ4v) is 2.28. The smallest absolute Gasteiger partial charge is 0.338 e. The van der Waals surface area contributed by atoms with Gasteiger partial charge in [0.25, 0.3) is 0 Å². The van der Waals surface area contributed by atoms with Gasteiger partial charge in [-0.1, -0.05) is 12.1 Å². The van der Waals surface area contributed by atoms with Crippen LogP contribution in [0.4, 0.5) is 5.69 Å². The second-order valence-electron chi connectivity index (χ2n) is 5.10. The highest BCUT2D eigenvalue weighted by atomic mass is 32.1. The molecule has 126 valence electrons. The highest BCUT2D eigenvalue weighted by Gasteiger charge is 2.06. The van der Waals surface area contributed by atoms with E-state index in [0.717, 1.165) is 17.7 Å². The first-order valence-electron chi connectivity index (χ1n) is 7.68. The summed E-state index contributed by atoms with van der Waals surface area (Å²) in [5.41, 5.74) is 2.42. The van der Waals surface area contributed by atoms with Crippen molar-refractivity contribution in [3.8, 4) is 5.75 Å². The molecule has 5 nitrogen and oxygen atoms in total. The fraction of sp³-hybridized carbons (Fsp3) is 0.222. The summed E-state index contributed by atoms with van der Waals surface area (Å²) in [7, 11) is 0. The molecule has 0 aromatic heterocycles. The lowest BCUT2D eigenvalue weighted by Gasteiger charge is -2.11. The van der Waals surface area contributed by atoms with Gasteiger partial charge in [-0.3, -0.25) is 0 Å². The summed E-state index contributed by atoms with van der Waals surface area (Å²) in [4.78, 5) is 11.6. The molecule has 0 saturated carbocycles. The zero-order valence-corrected chi connectivity index (χ0v) is 14.2. The first-order chi connectivity index (χ1) is 11.6. The molecule has 2 aromatic carbocycles. The molecule has 0 heterocycles. The topological polar surface area (TPSA) is 70.6 Å². The Morgan fingerprint density at radius 3 is 2.42 bits per heavy atom. The third kappa shape index (κ3) is 5.55. The van der Waals surface area contributed by atoms with Crippen molar-refractivity contribution in [1.29, 1.82) is 0 Å². The highest BCUT2D eigenvalue weighted by Crippen LogP contribution is 2.11. The van der Waals surface area contributed by atoms with Gasteiger partial charge in [-0.15, -0.1) is 0 Å². The number of carbonyl (C=O) groups is 1. The summed E-state index contributed by atoms with van der Waals surface area (Å²) >= 11 is 5.24. The maximum atomic E-state index is 11.6. The summed E-state index contributed by atoms with van der Waals surface area (Å²) < 4.78 is 4.94. The van der Waals surface area contributed by atoms with Crippen LogP contribution in [0.3, 0.4) is 0 Å². The van der Waals surface area contributed by atoms with E-state index in [1.165, 1.54) is 0 Å². The van der Waals surface area contributed by atoms with Gasteiger partial charge in [0.15, 0.2) is 5.11 Å². The molecule has 2 aromatic rings. The quantitative estimate of drug-likeness (QED) is 0.553. The van der Waals surface area contributed by atoms with Gasteiger partial charge >= 0.3 is 5.97 Å². The molecule has 0 unspecified atom stereocenters. The van der Waals surface area contributed by atoms with E-state index in [4.69, 9.17) is 17.0 Å². The summed E-state index contributed by atoms with van der Waals surface area (Å²) in [5, 5.41) is 15.9. The number of anilines is 1. The second-order valence-corrected chi connectivity index (χ2v) is 5.50. The van der Waals surface area contributed by atoms with Crippen molar-refractivity contribution in [2.45, 2.75) is 13.3 Å². The third-order valence-electron chi connectivity index (χ3n) is 3.29. The number of hydrogen-bond donors (Lipinski definition) is 3. The Balaban J connectivity index is 1.77. The summed E-state index contributed by atoms with van der Waals surface area (Å²) in [6.45, 7) is 2.81. The van der Waals surface area contributed by atoms with E-state index in [9.17, 15) is 9.90 Å². The van der Waals surface area contributed by atoms with Gasteiger partial charge < -0.3 is 20.5 Å². The minimum Gasteiger partial charge on any atom is -0.508 e. The Hall–Kier alpha value is -2.60. The predicted octanol–water partition coefficient (Wildman–Crippen LogP) is 3.10. The van der Waals surface area contributed by atoms with Gasteiger partial charge in [-0.05, 0) is 67.5 Å². The van der Waals surface area contributed by atoms with E-state index in [2.05, 4.69) is 10.6 Å². The van der Waals surface area contributed by atoms with Crippen molar-refractivity contribution in [3.05, 3.63) is 59.7 Å². The monoisotopic (exact) mass is 344 g/mol. The van der Waals surface area contributed by atoms with Gasteiger partial charge in [-0.25, -0.2) is 4.79 Å². The number of ether oxygens (including phenoxy) is 1. The number of esters is 1. The molecular formula is C18H20N2O3S. The molecule has 0 aliphatic rings. The maximum absolute atomic E-state index is 11.6. The summed E-state index contributed by atoms with van der Waals surface area (Å²) in [6, 6.07) is 14.0. The number of carbonyl (C=O) groups excluding carboxylic acids is 1. The van der Waals surface area contributed by atoms with Crippen molar-refractivity contribution in [3.63, 3.8) is 0 Å². The number of aromatic hydroxyl groups is 1. The fourth-order valence-electron chi connectivity index (χ4n) is 2.06. The number of phenolic OH excluding ortho intramolecular Hbond substituents is 1. The predicted molar refractivity (Wildman–Crippen MR) is 98.4 cm³/mol. The van der Waals surface area contributed by atoms with Gasteiger partial charge in [0.05, 0.1) is 12.2 Å². The number of rotatable bonds is 6. The number of thiocarbonyl (C=S) groups is 1. The van der Waals surface area contributed by atoms with Crippen molar-refractivity contribution >= 4 is 29.0 Å². The van der Waals surface area contributed by atoms with Crippen molar-refractivity contribution in [2.75, 3.05) is 18.5 Å². The Kier molecular flexibility index (Phi) is 6.57. The van der Waals surface area contributed by atoms with Crippen LogP contribution in [-0.2, 0) is 11.2 Å². The lowest BCUT2D eigenvalue weighted by molar-refractivity contribution is 0.0526. The molecule has 0 aliphatic carbocycles. The Labute approximate surface area is 146 Å². The average molecular weight is 344 g/mol. The minimum absolute atomic E-state index is 0.259. The van der Waals surface area contributed by atoms with Crippen LogP contribution < -0.4 is 10.6 Å². The van der Waals surface area contributed by atoms with Crippen LogP contribution in [0, 0.1) is 0 Å². The van der Waals surface area contributed by atoms with E-state index in [-0.39, 0.29) is 11.7 Å². The molecule has 0 radical (unpaired) electrons. The van der Waals surface area contributed by atoms with E-state index in [1.807, 2.05) is 12.1 Å². The lowest BCUT2D eigenvalue weighted by atomic mass is 10.1. The van der Waals surface area contributed by atoms with Crippen LogP contribution in [-0.4, -0.2) is 29.3 Å². The van der Waals surface area contributed by atoms with Gasteiger partial charge in [0.2, 0.25) is 0 Å². The van der Waals surface area contributed by atoms with Crippen LogP contribution in [0.5, 0.6) is 5.75 Å². The van der Waals surface area contributed by atoms with Gasteiger partial charge in [0, 0.05) is 12.2 Å². The standard InChI is InChI=1S/C18H20N2O3S/c1-2-23-17(22)14-5-7-15(8-6-14)20-18(24)19-12-11-13-3-9-16(21)10-4-13/h3-10,21H,2,11-12H2,1H3,(H2,19,20,24). The zero-order chi connectivity index (χ0) is 17.4. The molecule has 0 bridgehead atoms. The molecule has 0 saturated heterocycles. The lowest BCUT2D eigenvalue weighted by Crippen LogP contribution is -2.30. The van der Waals surface area contributed by atoms with Crippen molar-refractivity contribution in [1.82, 2.24) is 5.32 Å². The molecule has 3 N–H and O–H groups in total. The normalized spacial score (nSPS) is 10.0. The molecule has 0 atom stereocenters. The van der Waals surface area contributed by atoms with Crippen LogP contribution >= 0.6 is 12.2 Å². The first kappa shape index (κ1) is 17.7. The third-order valence-corrected chi connectivity index (χ3v) is 3.54. The average Bonchev–Trinajstić information content (AvgIpc) is 2.57. The Morgan fingerprint density at radius 1 is 1.12 bits per heavy atom. The Bertz CT molecular complexity index is 684. The summed E-state index contributed by atoms with van der Waals surface area (Å²) in [6.07, 6.45) is 0.796. The van der Waals surface area contributed by atoms with E-state index in [1.54, 1.807) is 43.3 Å². The van der Waals surface area contributed by atoms with E-state index < -0.39 is 0 Å². The number of hydrogen-bond acceptors (Lipinski definition) is 4. The molecule has 6 heteroatoms. The summed E-state index contributed by atoms with van der Waals surface area (Å²) in [5.74, 6) is -0.0752. The van der Waals surface area contributed by atoms with Gasteiger partial charge in [-0.2, -0.15) is 0 Å². The molecular weight excluding hydrogens is 324 g/mol. The maximum Gasteiger partial charge on any atom is 0.338 e. The SMILES string of the molecule is CCOC(=O)c1ccc(NC(=S)NCCc2ccc(O)cc2)cc1. The van der Waals surface area contributed by atoms with E-state index >= 15 is 0 Å². The molecule has 0 aliphatic heterocycles. The largest absolute Gasteiger partial charge is 0.508 e. The molecule has 0 amide bonds. The minimum atomic E-state index is -0.335. The second kappa shape index (κ2) is 8.88. The van der Waals surface area contributed by atoms with Gasteiger partial charge in [0.1, 0.15) is 5.75 Å². The number of phenols is 1. The first-order valence-corrected chi connectivity index (χ1v) is 8.09. The Morgan fingerprint density at radius 2 is 1.79 bits per heavy atom. The van der Waals surface area contributed by atoms with Crippen LogP contribution in [0.25, 0.3) is 0 Å². The van der Waals surface area contributed by atoms with Crippen molar-refractivity contribution < 1.29 is 14.6 Å². The van der Waals surface area contributed by atoms with E-state index in [0.29, 0.717) is 23.8 Å². The molecule has 2 rings (SSSR count). The van der Waals surface area contributed by atoms with Crippen LogP contribution in [0.15, 0.2) is 48.5 Å². The number of nitrogens with one attached hydrogen (secondary N) is 2. The zero-order valence-electron chi connectivity index (χ0n) is 13.4. The molecule has 0 spiro atoms. The highest BCUT2D eigenvalue weighted by molar-refractivity contribution is 7.80. The molecule has 0 fully saturated rings. The molecule has 24 heavy (non-hydrogen) atoms. The van der Waals surface area contributed by atoms with Crippen molar-refractivity contribution in [2.24, 2.45) is 0 Å². The van der Waals surface area contributed by atoms with Crippen LogP contribution in [0.2, 0.25) is 0 Å². The van der Waals surface area contributed by atoms with Crippen LogP contribution in [0.1, 0.15) is 22.8 Å². The number of benzene rings is 2.